The summed E-state index contributed by atoms with van der Waals surface area (Å²) in [5, 5.41) is 3.14. The van der Waals surface area contributed by atoms with E-state index in [1.807, 2.05) is 0 Å². The third kappa shape index (κ3) is 4.85. The van der Waals surface area contributed by atoms with Crippen LogP contribution in [0.2, 0.25) is 0 Å². The summed E-state index contributed by atoms with van der Waals surface area (Å²) in [5.41, 5.74) is -1.01. The highest BCUT2D eigenvalue weighted by molar-refractivity contribution is 7.92. The number of hydrogen-bond acceptors (Lipinski definition) is 4. The maximum atomic E-state index is 12.4. The molecule has 0 bridgehead atoms. The molecule has 1 saturated heterocycles. The van der Waals surface area contributed by atoms with Crippen LogP contribution >= 0.6 is 0 Å². The first-order valence-corrected chi connectivity index (χ1v) is 8.16. The van der Waals surface area contributed by atoms with Gasteiger partial charge in [-0.25, -0.2) is 13.4 Å². The average molecular weight is 323 g/mol. The number of sulfonamides is 1. The Bertz CT molecular complexity index is 566. The summed E-state index contributed by atoms with van der Waals surface area (Å²) in [4.78, 5) is 3.22. The maximum Gasteiger partial charge on any atom is 0.433 e. The van der Waals surface area contributed by atoms with Crippen LogP contribution in [0.4, 0.5) is 18.9 Å². The van der Waals surface area contributed by atoms with Crippen LogP contribution in [0.5, 0.6) is 0 Å². The highest BCUT2D eigenvalue weighted by Crippen LogP contribution is 2.28. The molecule has 2 N–H and O–H groups in total. The predicted octanol–water partition coefficient (Wildman–Crippen LogP) is 1.84. The number of rotatable bonds is 4. The van der Waals surface area contributed by atoms with E-state index in [1.54, 1.807) is 0 Å². The highest BCUT2D eigenvalue weighted by Gasteiger charge is 2.32. The quantitative estimate of drug-likeness (QED) is 0.887. The van der Waals surface area contributed by atoms with Crippen LogP contribution in [0.15, 0.2) is 18.3 Å². The first kappa shape index (κ1) is 16.0. The molecule has 5 nitrogen and oxygen atoms in total. The maximum absolute atomic E-state index is 12.4. The summed E-state index contributed by atoms with van der Waals surface area (Å²) >= 11 is 0. The van der Waals surface area contributed by atoms with Gasteiger partial charge in [-0.05, 0) is 44.0 Å². The number of alkyl halides is 3. The molecule has 0 atom stereocenters. The van der Waals surface area contributed by atoms with Crippen molar-refractivity contribution < 1.29 is 21.6 Å². The molecule has 0 aliphatic carbocycles. The van der Waals surface area contributed by atoms with Crippen molar-refractivity contribution in [1.82, 2.24) is 10.3 Å². The van der Waals surface area contributed by atoms with Crippen molar-refractivity contribution in [3.8, 4) is 0 Å². The molecule has 1 fully saturated rings. The topological polar surface area (TPSA) is 71.1 Å². The Morgan fingerprint density at radius 1 is 1.29 bits per heavy atom. The van der Waals surface area contributed by atoms with Gasteiger partial charge in [-0.3, -0.25) is 4.72 Å². The van der Waals surface area contributed by atoms with Crippen LogP contribution in [-0.2, 0) is 16.2 Å². The monoisotopic (exact) mass is 323 g/mol. The van der Waals surface area contributed by atoms with Gasteiger partial charge in [-0.1, -0.05) is 0 Å². The predicted molar refractivity (Wildman–Crippen MR) is 72.2 cm³/mol. The van der Waals surface area contributed by atoms with Crippen molar-refractivity contribution in [1.29, 1.82) is 0 Å². The lowest BCUT2D eigenvalue weighted by molar-refractivity contribution is -0.141. The van der Waals surface area contributed by atoms with Gasteiger partial charge in [0.2, 0.25) is 10.0 Å². The second-order valence-corrected chi connectivity index (χ2v) is 6.77. The summed E-state index contributed by atoms with van der Waals surface area (Å²) in [5.74, 6) is 0.0292. The van der Waals surface area contributed by atoms with Crippen LogP contribution in [0.3, 0.4) is 0 Å². The summed E-state index contributed by atoms with van der Waals surface area (Å²) in [6, 6.07) is 1.82. The Kier molecular flexibility index (Phi) is 4.72. The standard InChI is InChI=1S/C12H16F3N3O2S/c13-12(14,15)11-2-1-10(7-17-11)18-21(19,20)8-9-3-5-16-6-4-9/h1-2,7,9,16,18H,3-6,8H2. The largest absolute Gasteiger partial charge is 0.433 e. The van der Waals surface area contributed by atoms with E-state index in [-0.39, 0.29) is 17.4 Å². The SMILES string of the molecule is O=S(=O)(CC1CCNCC1)Nc1ccc(C(F)(F)F)nc1. The number of halogens is 3. The zero-order valence-electron chi connectivity index (χ0n) is 11.2. The van der Waals surface area contributed by atoms with Gasteiger partial charge in [0.05, 0.1) is 17.6 Å². The van der Waals surface area contributed by atoms with Crippen LogP contribution in [0.1, 0.15) is 18.5 Å². The normalized spacial score (nSPS) is 17.7. The van der Waals surface area contributed by atoms with Crippen molar-refractivity contribution in [2.75, 3.05) is 23.6 Å². The number of nitrogens with one attached hydrogen (secondary N) is 2. The third-order valence-electron chi connectivity index (χ3n) is 3.24. The molecular formula is C12H16F3N3O2S. The molecule has 9 heteroatoms. The lowest BCUT2D eigenvalue weighted by Crippen LogP contribution is -2.33. The number of nitrogens with zero attached hydrogens (tertiary/aromatic N) is 1. The summed E-state index contributed by atoms with van der Waals surface area (Å²) in [6.07, 6.45) is -2.12. The van der Waals surface area contributed by atoms with Gasteiger partial charge in [-0.2, -0.15) is 13.2 Å². The van der Waals surface area contributed by atoms with Crippen LogP contribution in [0.25, 0.3) is 0 Å². The average Bonchev–Trinajstić information content (AvgIpc) is 2.38. The van der Waals surface area contributed by atoms with Crippen LogP contribution in [-0.4, -0.2) is 32.2 Å². The molecule has 21 heavy (non-hydrogen) atoms. The molecule has 0 saturated carbocycles. The van der Waals surface area contributed by atoms with Crippen molar-refractivity contribution in [3.63, 3.8) is 0 Å². The minimum absolute atomic E-state index is 0.0320. The minimum atomic E-state index is -4.54. The Morgan fingerprint density at radius 3 is 2.48 bits per heavy atom. The summed E-state index contributed by atoms with van der Waals surface area (Å²) < 4.78 is 63.3. The number of hydrogen-bond donors (Lipinski definition) is 2. The van der Waals surface area contributed by atoms with Crippen molar-refractivity contribution in [2.45, 2.75) is 19.0 Å². The number of aromatic nitrogens is 1. The molecule has 118 valence electrons. The van der Waals surface area contributed by atoms with Gasteiger partial charge in [0, 0.05) is 0 Å². The molecule has 2 rings (SSSR count). The zero-order chi connectivity index (χ0) is 15.5. The fourth-order valence-corrected chi connectivity index (χ4v) is 3.72. The Balaban J connectivity index is 1.99. The number of pyridine rings is 1. The van der Waals surface area contributed by atoms with Gasteiger partial charge in [0.15, 0.2) is 0 Å². The Morgan fingerprint density at radius 2 is 1.95 bits per heavy atom. The first-order chi connectivity index (χ1) is 9.76. The summed E-state index contributed by atoms with van der Waals surface area (Å²) in [6.45, 7) is 1.56. The molecule has 1 aliphatic heterocycles. The van der Waals surface area contributed by atoms with E-state index in [4.69, 9.17) is 0 Å². The van der Waals surface area contributed by atoms with Crippen LogP contribution in [0, 0.1) is 5.92 Å². The van der Waals surface area contributed by atoms with E-state index in [1.165, 1.54) is 0 Å². The van der Waals surface area contributed by atoms with E-state index < -0.39 is 21.9 Å². The van der Waals surface area contributed by atoms with Crippen molar-refractivity contribution in [3.05, 3.63) is 24.0 Å². The molecule has 0 aromatic carbocycles. The van der Waals surface area contributed by atoms with E-state index in [0.29, 0.717) is 0 Å². The molecule has 2 heterocycles. The highest BCUT2D eigenvalue weighted by atomic mass is 32.2. The molecule has 0 amide bonds. The molecular weight excluding hydrogens is 307 g/mol. The fraction of sp³-hybridized carbons (Fsp3) is 0.583. The molecule has 1 aliphatic rings. The van der Waals surface area contributed by atoms with Gasteiger partial charge in [0.1, 0.15) is 5.69 Å². The van der Waals surface area contributed by atoms with Crippen molar-refractivity contribution >= 4 is 15.7 Å². The van der Waals surface area contributed by atoms with E-state index >= 15 is 0 Å². The lowest BCUT2D eigenvalue weighted by Gasteiger charge is -2.22. The van der Waals surface area contributed by atoms with Gasteiger partial charge >= 0.3 is 6.18 Å². The van der Waals surface area contributed by atoms with Gasteiger partial charge < -0.3 is 5.32 Å². The molecule has 0 unspecified atom stereocenters. The molecule has 0 spiro atoms. The zero-order valence-corrected chi connectivity index (χ0v) is 12.0. The second-order valence-electron chi connectivity index (χ2n) is 5.01. The van der Waals surface area contributed by atoms with E-state index in [2.05, 4.69) is 15.0 Å². The third-order valence-corrected chi connectivity index (χ3v) is 4.70. The molecule has 1 aromatic heterocycles. The fourth-order valence-electron chi connectivity index (χ4n) is 2.20. The van der Waals surface area contributed by atoms with Crippen molar-refractivity contribution in [2.24, 2.45) is 5.92 Å². The minimum Gasteiger partial charge on any atom is -0.317 e. The Hall–Kier alpha value is -1.35. The second kappa shape index (κ2) is 6.18. The van der Waals surface area contributed by atoms with E-state index in [0.717, 1.165) is 44.3 Å². The smallest absolute Gasteiger partial charge is 0.317 e. The number of anilines is 1. The number of piperidine rings is 1. The Labute approximate surface area is 121 Å². The van der Waals surface area contributed by atoms with Gasteiger partial charge in [0.25, 0.3) is 0 Å². The van der Waals surface area contributed by atoms with Crippen LogP contribution < -0.4 is 10.0 Å². The molecule has 1 aromatic rings. The van der Waals surface area contributed by atoms with Gasteiger partial charge in [-0.15, -0.1) is 0 Å². The molecule has 0 radical (unpaired) electrons. The van der Waals surface area contributed by atoms with E-state index in [9.17, 15) is 21.6 Å². The summed E-state index contributed by atoms with van der Waals surface area (Å²) in [7, 11) is -3.58. The lowest BCUT2D eigenvalue weighted by atomic mass is 10.0. The first-order valence-electron chi connectivity index (χ1n) is 6.51.